The van der Waals surface area contributed by atoms with Crippen molar-refractivity contribution in [1.29, 1.82) is 0 Å². The van der Waals surface area contributed by atoms with Gasteiger partial charge in [0, 0.05) is 12.1 Å². The van der Waals surface area contributed by atoms with Crippen molar-refractivity contribution in [2.24, 2.45) is 0 Å². The predicted molar refractivity (Wildman–Crippen MR) is 70.3 cm³/mol. The van der Waals surface area contributed by atoms with Crippen LogP contribution >= 0.6 is 0 Å². The lowest BCUT2D eigenvalue weighted by molar-refractivity contribution is -0.138. The number of carboxylic acids is 1. The van der Waals surface area contributed by atoms with Crippen LogP contribution in [0.5, 0.6) is 0 Å². The van der Waals surface area contributed by atoms with Crippen molar-refractivity contribution in [3.05, 3.63) is 35.4 Å². The molecule has 0 aliphatic heterocycles. The Labute approximate surface area is 115 Å². The molecule has 20 heavy (non-hydrogen) atoms. The molecule has 0 radical (unpaired) electrons. The number of aliphatic carboxylic acids is 1. The van der Waals surface area contributed by atoms with E-state index in [2.05, 4.69) is 15.4 Å². The summed E-state index contributed by atoms with van der Waals surface area (Å²) in [6.45, 7) is 1.66. The Hall–Kier alpha value is -2.57. The van der Waals surface area contributed by atoms with E-state index in [1.54, 1.807) is 24.3 Å². The van der Waals surface area contributed by atoms with E-state index in [9.17, 15) is 14.4 Å². The van der Waals surface area contributed by atoms with Gasteiger partial charge in [-0.05, 0) is 24.6 Å². The molecule has 0 saturated heterocycles. The molecule has 0 heterocycles. The fourth-order valence-electron chi connectivity index (χ4n) is 1.36. The molecular formula is C13H16N2O5. The molecule has 0 aliphatic carbocycles. The normalized spacial score (nSPS) is 11.3. The van der Waals surface area contributed by atoms with Crippen LogP contribution in [0.25, 0.3) is 0 Å². The van der Waals surface area contributed by atoms with E-state index in [0.717, 1.165) is 5.56 Å². The summed E-state index contributed by atoms with van der Waals surface area (Å²) in [5, 5.41) is 13.6. The molecule has 0 aliphatic rings. The van der Waals surface area contributed by atoms with Gasteiger partial charge in [0.2, 0.25) is 0 Å². The quantitative estimate of drug-likeness (QED) is 0.738. The molecule has 1 aromatic carbocycles. The first-order chi connectivity index (χ1) is 9.43. The molecule has 2 amide bonds. The Balaban J connectivity index is 2.59. The monoisotopic (exact) mass is 280 g/mol. The van der Waals surface area contributed by atoms with Gasteiger partial charge in [0.25, 0.3) is 5.91 Å². The number of carboxylic acid groups (broad SMARTS) is 1. The van der Waals surface area contributed by atoms with Crippen molar-refractivity contribution in [1.82, 2.24) is 10.6 Å². The van der Waals surface area contributed by atoms with E-state index in [0.29, 0.717) is 5.56 Å². The molecule has 0 fully saturated rings. The minimum absolute atomic E-state index is 0.278. The van der Waals surface area contributed by atoms with Gasteiger partial charge >= 0.3 is 12.1 Å². The van der Waals surface area contributed by atoms with Gasteiger partial charge in [-0.15, -0.1) is 0 Å². The first-order valence-corrected chi connectivity index (χ1v) is 5.88. The van der Waals surface area contributed by atoms with Gasteiger partial charge in [0.05, 0.1) is 7.11 Å². The minimum Gasteiger partial charge on any atom is -0.480 e. The molecular weight excluding hydrogens is 264 g/mol. The van der Waals surface area contributed by atoms with E-state index in [4.69, 9.17) is 5.11 Å². The highest BCUT2D eigenvalue weighted by atomic mass is 16.5. The third-order valence-corrected chi connectivity index (χ3v) is 2.56. The Morgan fingerprint density at radius 1 is 1.25 bits per heavy atom. The maximum Gasteiger partial charge on any atom is 0.407 e. The van der Waals surface area contributed by atoms with Crippen LogP contribution in [0.4, 0.5) is 4.79 Å². The summed E-state index contributed by atoms with van der Waals surface area (Å²) >= 11 is 0. The molecule has 7 nitrogen and oxygen atoms in total. The molecule has 1 aromatic rings. The summed E-state index contributed by atoms with van der Waals surface area (Å²) in [4.78, 5) is 33.2. The zero-order valence-electron chi connectivity index (χ0n) is 11.2. The number of methoxy groups -OCH3 is 1. The number of nitrogens with one attached hydrogen (secondary N) is 2. The van der Waals surface area contributed by atoms with E-state index < -0.39 is 24.0 Å². The highest BCUT2D eigenvalue weighted by Crippen LogP contribution is 2.05. The average molecular weight is 280 g/mol. The smallest absolute Gasteiger partial charge is 0.407 e. The Kier molecular flexibility index (Phi) is 5.52. The minimum atomic E-state index is -1.10. The van der Waals surface area contributed by atoms with Crippen molar-refractivity contribution in [2.45, 2.75) is 19.5 Å². The van der Waals surface area contributed by atoms with Crippen molar-refractivity contribution < 1.29 is 24.2 Å². The topological polar surface area (TPSA) is 105 Å². The van der Waals surface area contributed by atoms with Gasteiger partial charge in [0.15, 0.2) is 0 Å². The summed E-state index contributed by atoms with van der Waals surface area (Å²) in [5.41, 5.74) is 1.14. The maximum absolute atomic E-state index is 11.7. The standard InChI is InChI=1S/C13H16N2O5/c1-8(12(17)18)15-11(16)10-5-3-9(4-6-10)7-14-13(19)20-2/h3-6,8H,7H2,1-2H3,(H,14,19)(H,15,16)(H,17,18). The van der Waals surface area contributed by atoms with Gasteiger partial charge in [-0.2, -0.15) is 0 Å². The van der Waals surface area contributed by atoms with E-state index in [1.807, 2.05) is 0 Å². The van der Waals surface area contributed by atoms with Gasteiger partial charge in [0.1, 0.15) is 6.04 Å². The molecule has 0 spiro atoms. The molecule has 1 atom stereocenters. The second-order valence-corrected chi connectivity index (χ2v) is 4.08. The summed E-state index contributed by atoms with van der Waals surface area (Å²) in [5.74, 6) is -1.57. The third kappa shape index (κ3) is 4.60. The van der Waals surface area contributed by atoms with Crippen molar-refractivity contribution in [3.63, 3.8) is 0 Å². The third-order valence-electron chi connectivity index (χ3n) is 2.56. The zero-order chi connectivity index (χ0) is 15.1. The molecule has 0 aromatic heterocycles. The Bertz CT molecular complexity index is 498. The molecule has 7 heteroatoms. The van der Waals surface area contributed by atoms with Crippen LogP contribution < -0.4 is 10.6 Å². The van der Waals surface area contributed by atoms with Gasteiger partial charge in [-0.3, -0.25) is 9.59 Å². The Morgan fingerprint density at radius 3 is 2.35 bits per heavy atom. The lowest BCUT2D eigenvalue weighted by Gasteiger charge is -2.09. The largest absolute Gasteiger partial charge is 0.480 e. The number of alkyl carbamates (subject to hydrolysis) is 1. The number of benzene rings is 1. The Morgan fingerprint density at radius 2 is 1.85 bits per heavy atom. The lowest BCUT2D eigenvalue weighted by atomic mass is 10.1. The highest BCUT2D eigenvalue weighted by Gasteiger charge is 2.14. The number of carbonyl (C=O) groups is 3. The van der Waals surface area contributed by atoms with Gasteiger partial charge < -0.3 is 20.5 Å². The van der Waals surface area contributed by atoms with E-state index in [-0.39, 0.29) is 6.54 Å². The molecule has 0 saturated carbocycles. The van der Waals surface area contributed by atoms with Crippen LogP contribution in [-0.4, -0.2) is 36.2 Å². The summed E-state index contributed by atoms with van der Waals surface area (Å²) < 4.78 is 4.43. The first-order valence-electron chi connectivity index (χ1n) is 5.88. The number of carbonyl (C=O) groups excluding carboxylic acids is 2. The van der Waals surface area contributed by atoms with E-state index >= 15 is 0 Å². The summed E-state index contributed by atoms with van der Waals surface area (Å²) in [7, 11) is 1.27. The van der Waals surface area contributed by atoms with Crippen LogP contribution in [0.15, 0.2) is 24.3 Å². The van der Waals surface area contributed by atoms with Crippen LogP contribution in [-0.2, 0) is 16.1 Å². The predicted octanol–water partition coefficient (Wildman–Crippen LogP) is 0.745. The summed E-state index contributed by atoms with van der Waals surface area (Å²) in [6.07, 6.45) is -0.540. The van der Waals surface area contributed by atoms with Gasteiger partial charge in [-0.1, -0.05) is 12.1 Å². The fourth-order valence-corrected chi connectivity index (χ4v) is 1.36. The number of rotatable bonds is 5. The lowest BCUT2D eigenvalue weighted by Crippen LogP contribution is -2.38. The molecule has 108 valence electrons. The van der Waals surface area contributed by atoms with Crippen molar-refractivity contribution >= 4 is 18.0 Å². The molecule has 1 unspecified atom stereocenters. The summed E-state index contributed by atoms with van der Waals surface area (Å²) in [6, 6.07) is 5.48. The zero-order valence-corrected chi connectivity index (χ0v) is 11.2. The van der Waals surface area contributed by atoms with Crippen LogP contribution in [0.3, 0.4) is 0 Å². The first kappa shape index (κ1) is 15.5. The van der Waals surface area contributed by atoms with Gasteiger partial charge in [-0.25, -0.2) is 4.79 Å². The van der Waals surface area contributed by atoms with Crippen LogP contribution in [0, 0.1) is 0 Å². The van der Waals surface area contributed by atoms with Crippen LogP contribution in [0.2, 0.25) is 0 Å². The fraction of sp³-hybridized carbons (Fsp3) is 0.308. The van der Waals surface area contributed by atoms with E-state index in [1.165, 1.54) is 14.0 Å². The average Bonchev–Trinajstić information content (AvgIpc) is 2.44. The number of hydrogen-bond acceptors (Lipinski definition) is 4. The number of hydrogen-bond donors (Lipinski definition) is 3. The SMILES string of the molecule is COC(=O)NCc1ccc(C(=O)NC(C)C(=O)O)cc1. The number of amides is 2. The van der Waals surface area contributed by atoms with Crippen LogP contribution in [0.1, 0.15) is 22.8 Å². The maximum atomic E-state index is 11.7. The molecule has 3 N–H and O–H groups in total. The van der Waals surface area contributed by atoms with Crippen molar-refractivity contribution in [2.75, 3.05) is 7.11 Å². The molecule has 0 bridgehead atoms. The second-order valence-electron chi connectivity index (χ2n) is 4.08. The second kappa shape index (κ2) is 7.13. The molecule has 1 rings (SSSR count). The number of ether oxygens (including phenoxy) is 1. The van der Waals surface area contributed by atoms with Crippen molar-refractivity contribution in [3.8, 4) is 0 Å². The highest BCUT2D eigenvalue weighted by molar-refractivity contribution is 5.96.